The predicted octanol–water partition coefficient (Wildman–Crippen LogP) is 3.12. The molecule has 0 aromatic heterocycles. The zero-order valence-electron chi connectivity index (χ0n) is 11.2. The van der Waals surface area contributed by atoms with Crippen molar-refractivity contribution in [3.63, 3.8) is 0 Å². The van der Waals surface area contributed by atoms with Crippen LogP contribution in [0.15, 0.2) is 12.1 Å². The number of nitrogens with one attached hydrogen (secondary N) is 1. The van der Waals surface area contributed by atoms with E-state index in [2.05, 4.69) is 5.32 Å². The molecule has 0 aliphatic rings. The molecule has 1 amide bonds. The van der Waals surface area contributed by atoms with Crippen LogP contribution in [0.5, 0.6) is 0 Å². The average molecular weight is 305 g/mol. The van der Waals surface area contributed by atoms with Crippen LogP contribution in [0.1, 0.15) is 31.1 Å². The first-order valence-corrected chi connectivity index (χ1v) is 6.69. The largest absolute Gasteiger partial charge is 0.396 e. The van der Waals surface area contributed by atoms with Gasteiger partial charge in [0, 0.05) is 18.7 Å². The quantitative estimate of drug-likeness (QED) is 0.822. The standard InChI is InChI=1S/C13H18Cl2N2O2/c1-4-19-13(2,3)7-17-12(18)8-5-9(14)11(16)10(15)6-8/h5-6H,4,7,16H2,1-3H3,(H,17,18). The fourth-order valence-corrected chi connectivity index (χ4v) is 2.04. The number of nitrogens with two attached hydrogens (primary N) is 1. The average Bonchev–Trinajstić information content (AvgIpc) is 2.32. The maximum absolute atomic E-state index is 12.0. The molecule has 3 N–H and O–H groups in total. The summed E-state index contributed by atoms with van der Waals surface area (Å²) in [5.41, 5.74) is 5.84. The van der Waals surface area contributed by atoms with E-state index >= 15 is 0 Å². The van der Waals surface area contributed by atoms with E-state index in [1.165, 1.54) is 12.1 Å². The summed E-state index contributed by atoms with van der Waals surface area (Å²) in [6.45, 7) is 6.68. The molecule has 0 atom stereocenters. The lowest BCUT2D eigenvalue weighted by Gasteiger charge is -2.24. The summed E-state index contributed by atoms with van der Waals surface area (Å²) in [6.07, 6.45) is 0. The Hall–Kier alpha value is -0.970. The third-order valence-electron chi connectivity index (χ3n) is 2.55. The molecule has 0 aliphatic carbocycles. The SMILES string of the molecule is CCOC(C)(C)CNC(=O)c1cc(Cl)c(N)c(Cl)c1. The molecule has 4 nitrogen and oxygen atoms in total. The molecule has 1 rings (SSSR count). The molecule has 0 unspecified atom stereocenters. The summed E-state index contributed by atoms with van der Waals surface area (Å²) in [6, 6.07) is 2.98. The van der Waals surface area contributed by atoms with E-state index in [9.17, 15) is 4.79 Å². The molecule has 0 heterocycles. The zero-order chi connectivity index (χ0) is 14.6. The van der Waals surface area contributed by atoms with Gasteiger partial charge in [0.25, 0.3) is 5.91 Å². The molecule has 0 radical (unpaired) electrons. The first-order valence-electron chi connectivity index (χ1n) is 5.93. The van der Waals surface area contributed by atoms with Gasteiger partial charge in [-0.3, -0.25) is 4.79 Å². The highest BCUT2D eigenvalue weighted by atomic mass is 35.5. The van der Waals surface area contributed by atoms with Gasteiger partial charge in [0.2, 0.25) is 0 Å². The highest BCUT2D eigenvalue weighted by Crippen LogP contribution is 2.28. The van der Waals surface area contributed by atoms with Crippen molar-refractivity contribution in [2.75, 3.05) is 18.9 Å². The predicted molar refractivity (Wildman–Crippen MR) is 78.9 cm³/mol. The van der Waals surface area contributed by atoms with E-state index in [-0.39, 0.29) is 21.6 Å². The van der Waals surface area contributed by atoms with Crippen molar-refractivity contribution in [2.45, 2.75) is 26.4 Å². The number of carbonyl (C=O) groups is 1. The van der Waals surface area contributed by atoms with Crippen molar-refractivity contribution >= 4 is 34.8 Å². The van der Waals surface area contributed by atoms with Crippen LogP contribution < -0.4 is 11.1 Å². The topological polar surface area (TPSA) is 64.3 Å². The molecular formula is C13H18Cl2N2O2. The van der Waals surface area contributed by atoms with Crippen molar-refractivity contribution in [3.05, 3.63) is 27.7 Å². The molecule has 106 valence electrons. The van der Waals surface area contributed by atoms with Crippen LogP contribution in [0.25, 0.3) is 0 Å². The van der Waals surface area contributed by atoms with Crippen molar-refractivity contribution in [1.29, 1.82) is 0 Å². The van der Waals surface area contributed by atoms with E-state index in [4.69, 9.17) is 33.7 Å². The van der Waals surface area contributed by atoms with Gasteiger partial charge in [-0.2, -0.15) is 0 Å². The van der Waals surface area contributed by atoms with Gasteiger partial charge in [-0.25, -0.2) is 0 Å². The van der Waals surface area contributed by atoms with Crippen LogP contribution >= 0.6 is 23.2 Å². The van der Waals surface area contributed by atoms with Crippen LogP contribution in [0.4, 0.5) is 5.69 Å². The molecule has 6 heteroatoms. The summed E-state index contributed by atoms with van der Waals surface area (Å²) >= 11 is 11.8. The van der Waals surface area contributed by atoms with Crippen molar-refractivity contribution in [2.24, 2.45) is 0 Å². The molecule has 0 saturated heterocycles. The van der Waals surface area contributed by atoms with Gasteiger partial charge in [0.1, 0.15) is 0 Å². The number of ether oxygens (including phenoxy) is 1. The fraction of sp³-hybridized carbons (Fsp3) is 0.462. The van der Waals surface area contributed by atoms with E-state index < -0.39 is 5.60 Å². The molecular weight excluding hydrogens is 287 g/mol. The number of rotatable bonds is 5. The Morgan fingerprint density at radius 1 is 1.37 bits per heavy atom. The molecule has 0 saturated carbocycles. The minimum Gasteiger partial charge on any atom is -0.396 e. The van der Waals surface area contributed by atoms with Crippen LogP contribution in [-0.2, 0) is 4.74 Å². The number of hydrogen-bond acceptors (Lipinski definition) is 3. The van der Waals surface area contributed by atoms with Crippen LogP contribution in [-0.4, -0.2) is 24.7 Å². The van der Waals surface area contributed by atoms with Gasteiger partial charge >= 0.3 is 0 Å². The van der Waals surface area contributed by atoms with Crippen LogP contribution in [0.2, 0.25) is 10.0 Å². The van der Waals surface area contributed by atoms with Crippen LogP contribution in [0.3, 0.4) is 0 Å². The Balaban J connectivity index is 2.74. The summed E-state index contributed by atoms with van der Waals surface area (Å²) in [5.74, 6) is -0.267. The summed E-state index contributed by atoms with van der Waals surface area (Å²) in [7, 11) is 0. The maximum atomic E-state index is 12.0. The van der Waals surface area contributed by atoms with Crippen molar-refractivity contribution in [3.8, 4) is 0 Å². The Labute approximate surface area is 123 Å². The monoisotopic (exact) mass is 304 g/mol. The van der Waals surface area contributed by atoms with Crippen LogP contribution in [0, 0.1) is 0 Å². The summed E-state index contributed by atoms with van der Waals surface area (Å²) < 4.78 is 5.50. The minimum atomic E-state index is -0.425. The Morgan fingerprint density at radius 2 is 1.89 bits per heavy atom. The Morgan fingerprint density at radius 3 is 2.37 bits per heavy atom. The molecule has 0 aliphatic heterocycles. The smallest absolute Gasteiger partial charge is 0.251 e. The number of anilines is 1. The summed E-state index contributed by atoms with van der Waals surface area (Å²) in [5, 5.41) is 3.31. The number of benzene rings is 1. The van der Waals surface area contributed by atoms with E-state index in [1.807, 2.05) is 20.8 Å². The van der Waals surface area contributed by atoms with E-state index in [0.717, 1.165) is 0 Å². The Bertz CT molecular complexity index is 453. The van der Waals surface area contributed by atoms with Gasteiger partial charge in [0.15, 0.2) is 0 Å². The first kappa shape index (κ1) is 16.1. The van der Waals surface area contributed by atoms with E-state index in [1.54, 1.807) is 0 Å². The number of halogens is 2. The second kappa shape index (κ2) is 6.46. The maximum Gasteiger partial charge on any atom is 0.251 e. The third kappa shape index (κ3) is 4.56. The van der Waals surface area contributed by atoms with Crippen molar-refractivity contribution in [1.82, 2.24) is 5.32 Å². The van der Waals surface area contributed by atoms with Gasteiger partial charge in [-0.05, 0) is 32.9 Å². The molecule has 0 fully saturated rings. The third-order valence-corrected chi connectivity index (χ3v) is 3.18. The number of carbonyl (C=O) groups excluding carboxylic acids is 1. The number of hydrogen-bond donors (Lipinski definition) is 2. The lowest BCUT2D eigenvalue weighted by Crippen LogP contribution is -2.40. The lowest BCUT2D eigenvalue weighted by atomic mass is 10.1. The van der Waals surface area contributed by atoms with Crippen molar-refractivity contribution < 1.29 is 9.53 Å². The molecule has 0 bridgehead atoms. The van der Waals surface area contributed by atoms with Gasteiger partial charge in [0.05, 0.1) is 21.3 Å². The van der Waals surface area contributed by atoms with E-state index in [0.29, 0.717) is 18.7 Å². The molecule has 1 aromatic rings. The summed E-state index contributed by atoms with van der Waals surface area (Å²) in [4.78, 5) is 12.0. The Kier molecular flexibility index (Phi) is 5.47. The van der Waals surface area contributed by atoms with Gasteiger partial charge in [-0.1, -0.05) is 23.2 Å². The molecule has 19 heavy (non-hydrogen) atoms. The lowest BCUT2D eigenvalue weighted by molar-refractivity contribution is -0.00815. The number of amides is 1. The van der Waals surface area contributed by atoms with Gasteiger partial charge < -0.3 is 15.8 Å². The highest BCUT2D eigenvalue weighted by Gasteiger charge is 2.19. The number of nitrogen functional groups attached to an aromatic ring is 1. The normalized spacial score (nSPS) is 11.4. The molecule has 1 aromatic carbocycles. The second-order valence-electron chi connectivity index (χ2n) is 4.73. The zero-order valence-corrected chi connectivity index (χ0v) is 12.7. The fourth-order valence-electron chi connectivity index (χ4n) is 1.55. The minimum absolute atomic E-state index is 0.265. The molecule has 0 spiro atoms. The first-order chi connectivity index (χ1) is 8.76. The van der Waals surface area contributed by atoms with Gasteiger partial charge in [-0.15, -0.1) is 0 Å². The highest BCUT2D eigenvalue weighted by molar-refractivity contribution is 6.39. The second-order valence-corrected chi connectivity index (χ2v) is 5.54.